The number of allylic oxidation sites excluding steroid dienone is 4. The molecule has 386 valence electrons. The van der Waals surface area contributed by atoms with E-state index < -0.39 is 0 Å². The molecule has 8 nitrogen and oxygen atoms in total. The molecule has 65 heavy (non-hydrogen) atoms. The molecule has 0 saturated carbocycles. The molecular formula is C57H111NO7. The summed E-state index contributed by atoms with van der Waals surface area (Å²) < 4.78 is 35.0. The van der Waals surface area contributed by atoms with Gasteiger partial charge in [0.1, 0.15) is 6.61 Å². The van der Waals surface area contributed by atoms with Gasteiger partial charge in [-0.2, -0.15) is 0 Å². The van der Waals surface area contributed by atoms with Crippen molar-refractivity contribution in [1.29, 1.82) is 0 Å². The Morgan fingerprint density at radius 1 is 0.385 bits per heavy atom. The Bertz CT molecular complexity index is 962. The zero-order valence-corrected chi connectivity index (χ0v) is 43.9. The van der Waals surface area contributed by atoms with Crippen LogP contribution in [0, 0.1) is 0 Å². The maximum absolute atomic E-state index is 13.5. The number of unbranched alkanes of at least 4 members (excludes halogenated alkanes) is 30. The lowest BCUT2D eigenvalue weighted by Gasteiger charge is -2.27. The third kappa shape index (κ3) is 51.8. The fourth-order valence-corrected chi connectivity index (χ4v) is 8.05. The molecule has 0 fully saturated rings. The Morgan fingerprint density at radius 3 is 1.20 bits per heavy atom. The van der Waals surface area contributed by atoms with Gasteiger partial charge in [-0.05, 0) is 77.6 Å². The van der Waals surface area contributed by atoms with Crippen LogP contribution in [0.3, 0.4) is 0 Å². The third-order valence-corrected chi connectivity index (χ3v) is 12.2. The molecule has 1 amide bonds. The molecule has 0 aliphatic heterocycles. The van der Waals surface area contributed by atoms with Crippen LogP contribution in [0.25, 0.3) is 0 Å². The van der Waals surface area contributed by atoms with E-state index in [1.807, 2.05) is 11.8 Å². The van der Waals surface area contributed by atoms with Gasteiger partial charge in [0.05, 0.1) is 52.3 Å². The van der Waals surface area contributed by atoms with Gasteiger partial charge in [0, 0.05) is 26.4 Å². The van der Waals surface area contributed by atoms with Crippen LogP contribution in [0.1, 0.15) is 252 Å². The predicted octanol–water partition coefficient (Wildman–Crippen LogP) is 16.7. The highest BCUT2D eigenvalue weighted by Crippen LogP contribution is 2.14. The van der Waals surface area contributed by atoms with Crippen molar-refractivity contribution in [3.8, 4) is 0 Å². The average molecular weight is 923 g/mol. The summed E-state index contributed by atoms with van der Waals surface area (Å²) in [6, 6.07) is 0. The number of hydrogen-bond acceptors (Lipinski definition) is 7. The lowest BCUT2D eigenvalue weighted by molar-refractivity contribution is -0.0356. The first-order valence-corrected chi connectivity index (χ1v) is 28.3. The molecule has 1 atom stereocenters. The van der Waals surface area contributed by atoms with Crippen LogP contribution < -0.4 is 0 Å². The van der Waals surface area contributed by atoms with Crippen molar-refractivity contribution >= 4 is 6.09 Å². The average Bonchev–Trinajstić information content (AvgIpc) is 3.31. The molecule has 0 saturated heterocycles. The van der Waals surface area contributed by atoms with Crippen molar-refractivity contribution in [2.45, 2.75) is 259 Å². The summed E-state index contributed by atoms with van der Waals surface area (Å²) >= 11 is 0. The minimum absolute atomic E-state index is 0.172. The molecule has 0 aromatic carbocycles. The Morgan fingerprint density at radius 2 is 0.754 bits per heavy atom. The van der Waals surface area contributed by atoms with Gasteiger partial charge in [-0.15, -0.1) is 0 Å². The van der Waals surface area contributed by atoms with Crippen LogP contribution in [-0.2, 0) is 28.4 Å². The van der Waals surface area contributed by atoms with E-state index in [1.165, 1.54) is 199 Å². The number of carbonyl (C=O) groups excluding carboxylic acids is 1. The SMILES string of the molecule is CCCCCCCC/C=C\CCCCCCCCOCC(CN(CCCCCCCCC)C(=O)OCCOCCOCCOCC)OCCCCCCCC/C=C\CCCCCCCC. The first kappa shape index (κ1) is 63.5. The summed E-state index contributed by atoms with van der Waals surface area (Å²) in [5.41, 5.74) is 0. The van der Waals surface area contributed by atoms with Gasteiger partial charge >= 0.3 is 6.09 Å². The van der Waals surface area contributed by atoms with Crippen molar-refractivity contribution in [2.24, 2.45) is 0 Å². The molecule has 8 heteroatoms. The summed E-state index contributed by atoms with van der Waals surface area (Å²) in [5, 5.41) is 0. The van der Waals surface area contributed by atoms with E-state index in [1.54, 1.807) is 0 Å². The Hall–Kier alpha value is -1.45. The van der Waals surface area contributed by atoms with Gasteiger partial charge in [-0.3, -0.25) is 0 Å². The maximum atomic E-state index is 13.5. The van der Waals surface area contributed by atoms with E-state index in [4.69, 9.17) is 28.4 Å². The zero-order valence-electron chi connectivity index (χ0n) is 43.9. The fourth-order valence-electron chi connectivity index (χ4n) is 8.05. The van der Waals surface area contributed by atoms with Crippen molar-refractivity contribution in [3.05, 3.63) is 24.3 Å². The lowest BCUT2D eigenvalue weighted by Crippen LogP contribution is -2.42. The number of amides is 1. The van der Waals surface area contributed by atoms with Crippen molar-refractivity contribution in [1.82, 2.24) is 4.90 Å². The number of ether oxygens (including phenoxy) is 6. The van der Waals surface area contributed by atoms with E-state index >= 15 is 0 Å². The molecule has 0 rings (SSSR count). The molecule has 0 bridgehead atoms. The van der Waals surface area contributed by atoms with Gasteiger partial charge < -0.3 is 33.3 Å². The normalized spacial score (nSPS) is 12.3. The molecule has 0 aromatic heterocycles. The fraction of sp³-hybridized carbons (Fsp3) is 0.912. The van der Waals surface area contributed by atoms with Crippen LogP contribution in [-0.4, -0.2) is 96.3 Å². The van der Waals surface area contributed by atoms with E-state index in [9.17, 15) is 4.79 Å². The second-order valence-corrected chi connectivity index (χ2v) is 18.5. The smallest absolute Gasteiger partial charge is 0.409 e. The van der Waals surface area contributed by atoms with Crippen LogP contribution in [0.15, 0.2) is 24.3 Å². The maximum Gasteiger partial charge on any atom is 0.409 e. The Kier molecular flexibility index (Phi) is 55.6. The van der Waals surface area contributed by atoms with Gasteiger partial charge in [-0.25, -0.2) is 4.79 Å². The van der Waals surface area contributed by atoms with Crippen LogP contribution >= 0.6 is 0 Å². The first-order valence-electron chi connectivity index (χ1n) is 28.3. The summed E-state index contributed by atoms with van der Waals surface area (Å²) in [5.74, 6) is 0. The van der Waals surface area contributed by atoms with Crippen molar-refractivity contribution < 1.29 is 33.2 Å². The second-order valence-electron chi connectivity index (χ2n) is 18.5. The second kappa shape index (κ2) is 56.9. The van der Waals surface area contributed by atoms with E-state index in [2.05, 4.69) is 45.1 Å². The molecule has 0 heterocycles. The molecular weight excluding hydrogens is 811 g/mol. The quantitative estimate of drug-likeness (QED) is 0.0444. The molecule has 1 unspecified atom stereocenters. The largest absolute Gasteiger partial charge is 0.447 e. The molecule has 0 N–H and O–H groups in total. The summed E-state index contributed by atoms with van der Waals surface area (Å²) in [6.45, 7) is 15.3. The molecule has 0 aromatic rings. The van der Waals surface area contributed by atoms with Gasteiger partial charge in [0.25, 0.3) is 0 Å². The minimum Gasteiger partial charge on any atom is -0.447 e. The van der Waals surface area contributed by atoms with Crippen molar-refractivity contribution in [3.63, 3.8) is 0 Å². The van der Waals surface area contributed by atoms with Crippen LogP contribution in [0.2, 0.25) is 0 Å². The van der Waals surface area contributed by atoms with Crippen molar-refractivity contribution in [2.75, 3.05) is 79.2 Å². The van der Waals surface area contributed by atoms with E-state index in [-0.39, 0.29) is 18.8 Å². The summed E-state index contributed by atoms with van der Waals surface area (Å²) in [4.78, 5) is 15.4. The summed E-state index contributed by atoms with van der Waals surface area (Å²) in [6.07, 6.45) is 53.8. The number of hydrogen-bond donors (Lipinski definition) is 0. The highest BCUT2D eigenvalue weighted by molar-refractivity contribution is 5.67. The Balaban J connectivity index is 4.82. The summed E-state index contributed by atoms with van der Waals surface area (Å²) in [7, 11) is 0. The molecule has 0 spiro atoms. The molecule has 0 aliphatic carbocycles. The number of carbonyl (C=O) groups is 1. The van der Waals surface area contributed by atoms with Crippen LogP contribution in [0.5, 0.6) is 0 Å². The first-order chi connectivity index (χ1) is 32.2. The zero-order chi connectivity index (χ0) is 47.0. The van der Waals surface area contributed by atoms with E-state index in [0.29, 0.717) is 65.9 Å². The highest BCUT2D eigenvalue weighted by atomic mass is 16.6. The standard InChI is InChI=1S/C57H111NO7/c1-5-9-12-15-18-20-22-24-26-28-30-32-34-37-40-43-46-63-55-56(64-47-44-41-38-35-33-31-29-27-25-23-21-19-16-13-10-6-2)54-58(45-42-39-36-17-14-11-7-3)57(59)65-53-52-62-51-50-61-49-48-60-8-4/h24-27,56H,5-23,28-55H2,1-4H3/b26-24-,27-25-. The minimum atomic E-state index is -0.285. The molecule has 0 aliphatic rings. The highest BCUT2D eigenvalue weighted by Gasteiger charge is 2.21. The van der Waals surface area contributed by atoms with E-state index in [0.717, 1.165) is 32.3 Å². The van der Waals surface area contributed by atoms with Crippen LogP contribution in [0.4, 0.5) is 4.79 Å². The monoisotopic (exact) mass is 922 g/mol. The molecule has 0 radical (unpaired) electrons. The lowest BCUT2D eigenvalue weighted by atomic mass is 10.1. The predicted molar refractivity (Wildman–Crippen MR) is 279 cm³/mol. The van der Waals surface area contributed by atoms with Gasteiger partial charge in [-0.1, -0.05) is 199 Å². The van der Waals surface area contributed by atoms with Gasteiger partial charge in [0.2, 0.25) is 0 Å². The Labute approximate surface area is 404 Å². The number of nitrogens with zero attached hydrogens (tertiary/aromatic N) is 1. The van der Waals surface area contributed by atoms with Gasteiger partial charge in [0.15, 0.2) is 0 Å². The number of rotatable bonds is 55. The topological polar surface area (TPSA) is 75.7 Å². The third-order valence-electron chi connectivity index (χ3n) is 12.2.